The molecule has 3 aromatic rings. The molecular weight excluding hydrogens is 401 g/mol. The Kier molecular flexibility index (Phi) is 4.91. The smallest absolute Gasteiger partial charge is 0.417 e. The summed E-state index contributed by atoms with van der Waals surface area (Å²) in [6.45, 7) is 0. The van der Waals surface area contributed by atoms with Gasteiger partial charge in [0.15, 0.2) is 0 Å². The number of hydrogen-bond acceptors (Lipinski definition) is 5. The predicted molar refractivity (Wildman–Crippen MR) is 98.5 cm³/mol. The maximum atomic E-state index is 13.2. The largest absolute Gasteiger partial charge is 0.457 e. The molecule has 0 radical (unpaired) electrons. The van der Waals surface area contributed by atoms with Crippen LogP contribution < -0.4 is 0 Å². The number of halogens is 3. The Morgan fingerprint density at radius 3 is 2.10 bits per heavy atom. The van der Waals surface area contributed by atoms with E-state index in [0.717, 1.165) is 12.1 Å². The fraction of sp³-hybridized carbons (Fsp3) is 0.0909. The molecule has 2 heterocycles. The van der Waals surface area contributed by atoms with Crippen molar-refractivity contribution in [1.29, 1.82) is 0 Å². The summed E-state index contributed by atoms with van der Waals surface area (Å²) in [5, 5.41) is 0. The van der Waals surface area contributed by atoms with Crippen LogP contribution in [0.15, 0.2) is 76.7 Å². The molecule has 152 valence electrons. The number of furan rings is 1. The molecule has 30 heavy (non-hydrogen) atoms. The molecule has 0 saturated carbocycles. The highest BCUT2D eigenvalue weighted by Crippen LogP contribution is 2.38. The van der Waals surface area contributed by atoms with Gasteiger partial charge in [-0.05, 0) is 18.2 Å². The van der Waals surface area contributed by atoms with Crippen LogP contribution in [0.2, 0.25) is 0 Å². The number of ether oxygens (including phenoxy) is 2. The van der Waals surface area contributed by atoms with Gasteiger partial charge in [-0.15, -0.1) is 0 Å². The van der Waals surface area contributed by atoms with Gasteiger partial charge < -0.3 is 13.9 Å². The first-order chi connectivity index (χ1) is 14.3. The summed E-state index contributed by atoms with van der Waals surface area (Å²) < 4.78 is 55.4. The number of carbonyl (C=O) groups excluding carboxylic acids is 2. The first-order valence-corrected chi connectivity index (χ1v) is 8.78. The summed E-state index contributed by atoms with van der Waals surface area (Å²) in [4.78, 5) is 24.5. The fourth-order valence-corrected chi connectivity index (χ4v) is 2.96. The summed E-state index contributed by atoms with van der Waals surface area (Å²) in [5.41, 5.74) is -0.956. The molecule has 2 aromatic carbocycles. The van der Waals surface area contributed by atoms with Crippen LogP contribution in [0.25, 0.3) is 17.4 Å². The minimum absolute atomic E-state index is 0.00374. The molecule has 0 unspecified atom stereocenters. The summed E-state index contributed by atoms with van der Waals surface area (Å²) in [7, 11) is 0. The van der Waals surface area contributed by atoms with Crippen molar-refractivity contribution in [3.05, 3.63) is 89.2 Å². The Bertz CT molecular complexity index is 1110. The molecule has 1 fully saturated rings. The molecule has 5 nitrogen and oxygen atoms in total. The van der Waals surface area contributed by atoms with Crippen LogP contribution in [0, 0.1) is 0 Å². The summed E-state index contributed by atoms with van der Waals surface area (Å²) in [6, 6.07) is 16.0. The summed E-state index contributed by atoms with van der Waals surface area (Å²) in [5.74, 6) is -1.90. The van der Waals surface area contributed by atoms with E-state index in [2.05, 4.69) is 0 Å². The number of rotatable bonds is 3. The minimum atomic E-state index is -4.56. The average Bonchev–Trinajstić information content (AvgIpc) is 3.19. The van der Waals surface area contributed by atoms with Gasteiger partial charge in [-0.3, -0.25) is 0 Å². The first kappa shape index (κ1) is 19.5. The van der Waals surface area contributed by atoms with E-state index in [1.54, 1.807) is 30.3 Å². The second kappa shape index (κ2) is 7.55. The van der Waals surface area contributed by atoms with Crippen molar-refractivity contribution in [2.24, 2.45) is 0 Å². The Morgan fingerprint density at radius 1 is 0.800 bits per heavy atom. The normalized spacial score (nSPS) is 16.8. The molecule has 0 N–H and O–H groups in total. The van der Waals surface area contributed by atoms with Gasteiger partial charge in [0.05, 0.1) is 5.56 Å². The second-order valence-corrected chi connectivity index (χ2v) is 6.36. The molecule has 1 aliphatic rings. The van der Waals surface area contributed by atoms with E-state index in [0.29, 0.717) is 5.56 Å². The lowest BCUT2D eigenvalue weighted by atomic mass is 10.1. The van der Waals surface area contributed by atoms with Gasteiger partial charge in [0.1, 0.15) is 17.1 Å². The van der Waals surface area contributed by atoms with Crippen LogP contribution in [0.4, 0.5) is 13.2 Å². The highest BCUT2D eigenvalue weighted by molar-refractivity contribution is 6.18. The number of esters is 2. The lowest BCUT2D eigenvalue weighted by molar-refractivity contribution is -0.195. The predicted octanol–water partition coefficient (Wildman–Crippen LogP) is 5.15. The third kappa shape index (κ3) is 3.84. The van der Waals surface area contributed by atoms with Crippen LogP contribution in [0.5, 0.6) is 0 Å². The molecule has 0 spiro atoms. The van der Waals surface area contributed by atoms with Crippen molar-refractivity contribution in [2.75, 3.05) is 0 Å². The van der Waals surface area contributed by atoms with E-state index in [4.69, 9.17) is 13.9 Å². The number of benzene rings is 2. The van der Waals surface area contributed by atoms with Gasteiger partial charge in [0.25, 0.3) is 6.29 Å². The Balaban J connectivity index is 1.60. The van der Waals surface area contributed by atoms with E-state index in [1.165, 1.54) is 30.3 Å². The third-order valence-electron chi connectivity index (χ3n) is 4.35. The zero-order valence-corrected chi connectivity index (χ0v) is 15.2. The highest BCUT2D eigenvalue weighted by Gasteiger charge is 2.36. The monoisotopic (exact) mass is 414 g/mol. The van der Waals surface area contributed by atoms with E-state index in [1.807, 2.05) is 0 Å². The lowest BCUT2D eigenvalue weighted by Gasteiger charge is -2.23. The fourth-order valence-electron chi connectivity index (χ4n) is 2.96. The van der Waals surface area contributed by atoms with Gasteiger partial charge in [0.2, 0.25) is 0 Å². The van der Waals surface area contributed by atoms with E-state index >= 15 is 0 Å². The maximum Gasteiger partial charge on any atom is 0.417 e. The summed E-state index contributed by atoms with van der Waals surface area (Å²) >= 11 is 0. The van der Waals surface area contributed by atoms with Gasteiger partial charge in [-0.25, -0.2) is 9.59 Å². The number of alkyl halides is 3. The van der Waals surface area contributed by atoms with E-state index in [-0.39, 0.29) is 17.1 Å². The van der Waals surface area contributed by atoms with Crippen molar-refractivity contribution in [2.45, 2.75) is 12.5 Å². The van der Waals surface area contributed by atoms with Crippen LogP contribution in [-0.2, 0) is 25.2 Å². The SMILES string of the molecule is O=C1OC(c2ccccc2)OC(=O)C1=Cc1ccc(-c2ccccc2C(F)(F)F)o1. The summed E-state index contributed by atoms with van der Waals surface area (Å²) in [6.07, 6.45) is -4.66. The lowest BCUT2D eigenvalue weighted by Crippen LogP contribution is -2.29. The van der Waals surface area contributed by atoms with E-state index < -0.39 is 35.5 Å². The van der Waals surface area contributed by atoms with Crippen molar-refractivity contribution in [3.63, 3.8) is 0 Å². The Hall–Kier alpha value is -3.81. The second-order valence-electron chi connectivity index (χ2n) is 6.36. The molecule has 8 heteroatoms. The van der Waals surface area contributed by atoms with Crippen molar-refractivity contribution in [1.82, 2.24) is 0 Å². The highest BCUT2D eigenvalue weighted by atomic mass is 19.4. The first-order valence-electron chi connectivity index (χ1n) is 8.78. The molecule has 0 bridgehead atoms. The van der Waals surface area contributed by atoms with E-state index in [9.17, 15) is 22.8 Å². The van der Waals surface area contributed by atoms with Gasteiger partial charge in [-0.1, -0.05) is 48.5 Å². The Morgan fingerprint density at radius 2 is 1.43 bits per heavy atom. The maximum absolute atomic E-state index is 13.2. The molecular formula is C22H13F3O5. The van der Waals surface area contributed by atoms with Crippen molar-refractivity contribution >= 4 is 18.0 Å². The average molecular weight is 414 g/mol. The Labute approximate surface area is 168 Å². The number of cyclic esters (lactones) is 2. The van der Waals surface area contributed by atoms with Crippen LogP contribution in [-0.4, -0.2) is 11.9 Å². The molecule has 1 saturated heterocycles. The molecule has 4 rings (SSSR count). The van der Waals surface area contributed by atoms with Crippen molar-refractivity contribution < 1.29 is 36.7 Å². The molecule has 0 amide bonds. The van der Waals surface area contributed by atoms with Gasteiger partial charge in [-0.2, -0.15) is 13.2 Å². The van der Waals surface area contributed by atoms with Crippen LogP contribution in [0.1, 0.15) is 23.2 Å². The van der Waals surface area contributed by atoms with Crippen LogP contribution >= 0.6 is 0 Å². The third-order valence-corrected chi connectivity index (χ3v) is 4.35. The van der Waals surface area contributed by atoms with Gasteiger partial charge in [0, 0.05) is 17.2 Å². The molecule has 0 aliphatic carbocycles. The number of carbonyl (C=O) groups is 2. The zero-order valence-electron chi connectivity index (χ0n) is 15.2. The van der Waals surface area contributed by atoms with Crippen molar-refractivity contribution in [3.8, 4) is 11.3 Å². The minimum Gasteiger partial charge on any atom is -0.457 e. The quantitative estimate of drug-likeness (QED) is 0.337. The molecule has 1 aromatic heterocycles. The van der Waals surface area contributed by atoms with Gasteiger partial charge >= 0.3 is 18.1 Å². The molecule has 0 atom stereocenters. The number of hydrogen-bond donors (Lipinski definition) is 0. The topological polar surface area (TPSA) is 65.7 Å². The van der Waals surface area contributed by atoms with Crippen LogP contribution in [0.3, 0.4) is 0 Å². The molecule has 1 aliphatic heterocycles. The zero-order chi connectivity index (χ0) is 21.3. The standard InChI is InChI=1S/C22H13F3O5/c23-22(24,25)17-9-5-4-8-15(17)18-11-10-14(28-18)12-16-19(26)29-21(30-20(16)27)13-6-2-1-3-7-13/h1-12,21H.